The number of hydrogen-bond acceptors (Lipinski definition) is 6. The molecule has 2 N–H and O–H groups in total. The number of hydrogen-bond donors (Lipinski definition) is 2. The molecule has 0 atom stereocenters. The molecule has 12 heteroatoms. The molecule has 3 aromatic rings. The molecule has 34 heavy (non-hydrogen) atoms. The first kappa shape index (κ1) is 24.6. The summed E-state index contributed by atoms with van der Waals surface area (Å²) >= 11 is 0. The van der Waals surface area contributed by atoms with Gasteiger partial charge in [0, 0.05) is 53.6 Å². The minimum absolute atomic E-state index is 0. The fraction of sp³-hybridized carbons (Fsp3) is 0.318. The maximum atomic E-state index is 14.8. The van der Waals surface area contributed by atoms with Crippen LogP contribution >= 0.6 is 0 Å². The number of anilines is 1. The van der Waals surface area contributed by atoms with E-state index in [0.29, 0.717) is 46.7 Å². The van der Waals surface area contributed by atoms with Gasteiger partial charge in [-0.25, -0.2) is 18.9 Å². The van der Waals surface area contributed by atoms with Gasteiger partial charge in [-0.3, -0.25) is 4.68 Å². The molecule has 0 aliphatic heterocycles. The first-order valence-corrected chi connectivity index (χ1v) is 12.1. The van der Waals surface area contributed by atoms with Crippen molar-refractivity contribution in [1.29, 1.82) is 0 Å². The van der Waals surface area contributed by atoms with Gasteiger partial charge in [0.2, 0.25) is 5.88 Å². The summed E-state index contributed by atoms with van der Waals surface area (Å²) in [6.07, 6.45) is 6.86. The Hall–Kier alpha value is -2.47. The number of methoxy groups -OCH3 is 1. The number of aromatic nitrogens is 3. The van der Waals surface area contributed by atoms with Gasteiger partial charge in [-0.2, -0.15) is 13.5 Å². The summed E-state index contributed by atoms with van der Waals surface area (Å²) in [5.41, 5.74) is 2.55. The van der Waals surface area contributed by atoms with Gasteiger partial charge in [-0.15, -0.1) is 0 Å². The maximum Gasteiger partial charge on any atom is 0.333 e. The van der Waals surface area contributed by atoms with Crippen molar-refractivity contribution < 1.29 is 22.3 Å². The summed E-state index contributed by atoms with van der Waals surface area (Å²) in [6, 6.07) is 5.27. The average molecular weight is 495 g/mol. The van der Waals surface area contributed by atoms with Crippen molar-refractivity contribution in [2.75, 3.05) is 12.4 Å². The van der Waals surface area contributed by atoms with E-state index in [-0.39, 0.29) is 46.4 Å². The second-order valence-electron chi connectivity index (χ2n) is 8.10. The normalized spacial score (nSPS) is 14.8. The van der Waals surface area contributed by atoms with Gasteiger partial charge in [0.05, 0.1) is 18.8 Å². The zero-order valence-electron chi connectivity index (χ0n) is 18.8. The van der Waals surface area contributed by atoms with Crippen LogP contribution < -0.4 is 14.8 Å². The van der Waals surface area contributed by atoms with Gasteiger partial charge in [0.25, 0.3) is 10.0 Å². The number of benzene rings is 1. The van der Waals surface area contributed by atoms with Gasteiger partial charge >= 0.3 is 6.03 Å². The number of ether oxygens (including phenoxy) is 1. The Balaban J connectivity index is 0.00000274. The Bertz CT molecular complexity index is 1360. The predicted octanol–water partition coefficient (Wildman–Crippen LogP) is 3.05. The van der Waals surface area contributed by atoms with Crippen molar-refractivity contribution in [3.63, 3.8) is 0 Å². The summed E-state index contributed by atoms with van der Waals surface area (Å²) in [5, 5.41) is 6.49. The summed E-state index contributed by atoms with van der Waals surface area (Å²) in [6.45, 7) is 0. The number of sulfonamides is 1. The number of carbonyl (C=O) groups is 1. The van der Waals surface area contributed by atoms with E-state index in [1.165, 1.54) is 25.4 Å². The Morgan fingerprint density at radius 1 is 1.21 bits per heavy atom. The van der Waals surface area contributed by atoms with Crippen LogP contribution in [0.3, 0.4) is 0 Å². The van der Waals surface area contributed by atoms with Crippen molar-refractivity contribution in [1.82, 2.24) is 19.5 Å². The van der Waals surface area contributed by atoms with Gasteiger partial charge < -0.3 is 10.1 Å². The van der Waals surface area contributed by atoms with E-state index in [9.17, 15) is 17.6 Å². The number of pyridine rings is 1. The van der Waals surface area contributed by atoms with E-state index in [2.05, 4.69) is 15.4 Å². The van der Waals surface area contributed by atoms with Crippen molar-refractivity contribution in [2.24, 2.45) is 0 Å². The molecule has 2 amide bonds. The topological polar surface area (TPSA) is 115 Å². The third-order valence-electron chi connectivity index (χ3n) is 5.85. The SMILES string of the molecule is COc1cc(-c2cc(F)c3c(c2NC(=O)NS(=O)(=O)c2ccn(C4CC4)n2)CCC3)ccn1.[Na]. The summed E-state index contributed by atoms with van der Waals surface area (Å²) in [5.74, 6) is -0.0323. The molecule has 173 valence electrons. The number of halogens is 1. The number of nitrogens with one attached hydrogen (secondary N) is 2. The molecule has 0 unspecified atom stereocenters. The molecular weight excluding hydrogens is 472 g/mol. The molecule has 0 saturated heterocycles. The molecule has 1 saturated carbocycles. The molecule has 2 aromatic heterocycles. The van der Waals surface area contributed by atoms with E-state index in [0.717, 1.165) is 19.3 Å². The number of amides is 2. The number of carbonyl (C=O) groups excluding carboxylic acids is 1. The largest absolute Gasteiger partial charge is 0.481 e. The molecule has 1 radical (unpaired) electrons. The van der Waals surface area contributed by atoms with Crippen LogP contribution in [-0.4, -0.2) is 65.9 Å². The third kappa shape index (κ3) is 4.83. The van der Waals surface area contributed by atoms with Crippen LogP contribution in [0.25, 0.3) is 11.1 Å². The molecular formula is C22H22FN5NaO4S. The zero-order chi connectivity index (χ0) is 23.2. The average Bonchev–Trinajstić information content (AvgIpc) is 3.30. The van der Waals surface area contributed by atoms with Crippen molar-refractivity contribution in [3.8, 4) is 17.0 Å². The molecule has 5 rings (SSSR count). The monoisotopic (exact) mass is 494 g/mol. The van der Waals surface area contributed by atoms with Crippen LogP contribution in [0, 0.1) is 5.82 Å². The first-order valence-electron chi connectivity index (χ1n) is 10.6. The standard InChI is InChI=1S/C22H22FN5O4S.Na/c1-32-19-11-13(7-9-24-19)17-12-18(23)15-3-2-4-16(15)21(17)25-22(29)27-33(30,31)20-8-10-28(26-20)14-5-6-14;/h7-12,14H,2-6H2,1H3,(H2,25,27,29);. The van der Waals surface area contributed by atoms with Crippen LogP contribution in [-0.2, 0) is 22.9 Å². The molecule has 1 aromatic carbocycles. The smallest absolute Gasteiger partial charge is 0.333 e. The Morgan fingerprint density at radius 3 is 2.71 bits per heavy atom. The second-order valence-corrected chi connectivity index (χ2v) is 9.73. The predicted molar refractivity (Wildman–Crippen MR) is 124 cm³/mol. The number of nitrogens with zero attached hydrogens (tertiary/aromatic N) is 3. The molecule has 2 aliphatic carbocycles. The number of fused-ring (bicyclic) bond motifs is 1. The van der Waals surface area contributed by atoms with Gasteiger partial charge in [-0.1, -0.05) is 0 Å². The van der Waals surface area contributed by atoms with Crippen LogP contribution in [0.2, 0.25) is 0 Å². The zero-order valence-corrected chi connectivity index (χ0v) is 21.7. The maximum absolute atomic E-state index is 14.8. The van der Waals surface area contributed by atoms with E-state index in [1.54, 1.807) is 23.0 Å². The van der Waals surface area contributed by atoms with Crippen LogP contribution in [0.1, 0.15) is 36.4 Å². The van der Waals surface area contributed by atoms with Crippen molar-refractivity contribution >= 4 is 51.3 Å². The van der Waals surface area contributed by atoms with E-state index < -0.39 is 16.1 Å². The van der Waals surface area contributed by atoms with Crippen LogP contribution in [0.4, 0.5) is 14.9 Å². The summed E-state index contributed by atoms with van der Waals surface area (Å²) in [4.78, 5) is 16.8. The molecule has 0 bridgehead atoms. The fourth-order valence-corrected chi connectivity index (χ4v) is 4.95. The summed E-state index contributed by atoms with van der Waals surface area (Å²) in [7, 11) is -2.70. The minimum Gasteiger partial charge on any atom is -0.481 e. The Kier molecular flexibility index (Phi) is 6.99. The van der Waals surface area contributed by atoms with Gasteiger partial charge in [0.1, 0.15) is 5.82 Å². The molecule has 1 fully saturated rings. The van der Waals surface area contributed by atoms with Crippen LogP contribution in [0.5, 0.6) is 5.88 Å². The Labute approximate surface area is 218 Å². The van der Waals surface area contributed by atoms with Gasteiger partial charge in [0.15, 0.2) is 5.03 Å². The van der Waals surface area contributed by atoms with E-state index in [1.807, 2.05) is 4.72 Å². The third-order valence-corrected chi connectivity index (χ3v) is 7.07. The number of urea groups is 1. The fourth-order valence-electron chi connectivity index (χ4n) is 4.11. The Morgan fingerprint density at radius 2 is 1.97 bits per heavy atom. The first-order chi connectivity index (χ1) is 15.9. The number of rotatable bonds is 6. The molecule has 2 heterocycles. The summed E-state index contributed by atoms with van der Waals surface area (Å²) < 4.78 is 49.0. The van der Waals surface area contributed by atoms with Crippen molar-refractivity contribution in [2.45, 2.75) is 43.2 Å². The second kappa shape index (κ2) is 9.65. The molecule has 0 spiro atoms. The quantitative estimate of drug-likeness (QED) is 0.509. The van der Waals surface area contributed by atoms with Crippen LogP contribution in [0.15, 0.2) is 41.7 Å². The minimum atomic E-state index is -4.17. The van der Waals surface area contributed by atoms with Gasteiger partial charge in [-0.05, 0) is 67.0 Å². The van der Waals surface area contributed by atoms with E-state index in [4.69, 9.17) is 4.74 Å². The molecule has 9 nitrogen and oxygen atoms in total. The molecule has 2 aliphatic rings. The van der Waals surface area contributed by atoms with Crippen molar-refractivity contribution in [3.05, 3.63) is 53.6 Å². The van der Waals surface area contributed by atoms with E-state index >= 15 is 0 Å².